The zero-order valence-electron chi connectivity index (χ0n) is 16.6. The van der Waals surface area contributed by atoms with Gasteiger partial charge in [0, 0.05) is 31.2 Å². The van der Waals surface area contributed by atoms with Crippen LogP contribution in [0.1, 0.15) is 36.7 Å². The minimum Gasteiger partial charge on any atom is -0.481 e. The molecule has 0 radical (unpaired) electrons. The van der Waals surface area contributed by atoms with Crippen LogP contribution in [0, 0.1) is 17.2 Å². The average molecular weight is 405 g/mol. The highest BCUT2D eigenvalue weighted by molar-refractivity contribution is 6.02. The molecule has 4 heterocycles. The van der Waals surface area contributed by atoms with Gasteiger partial charge in [-0.2, -0.15) is 5.26 Å². The first-order chi connectivity index (χ1) is 14.6. The molecule has 30 heavy (non-hydrogen) atoms. The van der Waals surface area contributed by atoms with Gasteiger partial charge in [0.25, 0.3) is 0 Å². The minimum atomic E-state index is -0.727. The quantitative estimate of drug-likeness (QED) is 0.712. The molecule has 0 amide bonds. The van der Waals surface area contributed by atoms with Gasteiger partial charge in [-0.1, -0.05) is 0 Å². The van der Waals surface area contributed by atoms with Gasteiger partial charge in [-0.25, -0.2) is 4.98 Å². The number of likely N-dealkylation sites (tertiary alicyclic amines) is 1. The first-order valence-electron chi connectivity index (χ1n) is 10.4. The molecular weight excluding hydrogens is 382 g/mol. The molecule has 2 saturated heterocycles. The van der Waals surface area contributed by atoms with Crippen molar-refractivity contribution in [3.05, 3.63) is 35.8 Å². The molecule has 2 aromatic heterocycles. The van der Waals surface area contributed by atoms with Crippen LogP contribution in [0.4, 0.5) is 0 Å². The molecule has 5 rings (SSSR count). The molecule has 1 atom stereocenters. The second kappa shape index (κ2) is 7.67. The zero-order valence-corrected chi connectivity index (χ0v) is 16.6. The Labute approximate surface area is 173 Å². The van der Waals surface area contributed by atoms with E-state index >= 15 is 0 Å². The highest BCUT2D eigenvalue weighted by Crippen LogP contribution is 2.33. The Morgan fingerprint density at radius 3 is 2.83 bits per heavy atom. The van der Waals surface area contributed by atoms with Gasteiger partial charge >= 0.3 is 5.97 Å². The number of carboxylic acids is 1. The second-order valence-electron chi connectivity index (χ2n) is 8.14. The molecule has 2 fully saturated rings. The van der Waals surface area contributed by atoms with Crippen molar-refractivity contribution in [1.29, 1.82) is 5.26 Å². The summed E-state index contributed by atoms with van der Waals surface area (Å²) in [5, 5.41) is 19.7. The molecule has 2 aliphatic rings. The molecule has 0 aliphatic carbocycles. The summed E-state index contributed by atoms with van der Waals surface area (Å²) in [4.78, 5) is 23.0. The number of aliphatic carboxylic acids is 1. The molecule has 0 saturated carbocycles. The Bertz CT molecular complexity index is 1160. The van der Waals surface area contributed by atoms with Gasteiger partial charge in [0.1, 0.15) is 11.3 Å². The summed E-state index contributed by atoms with van der Waals surface area (Å²) in [5.74, 6) is -0.110. The fourth-order valence-electron chi connectivity index (χ4n) is 4.72. The van der Waals surface area contributed by atoms with E-state index in [9.17, 15) is 15.2 Å². The molecule has 8 nitrogen and oxygen atoms in total. The number of aromatic nitrogens is 3. The smallest absolute Gasteiger partial charge is 0.307 e. The van der Waals surface area contributed by atoms with Gasteiger partial charge in [0.15, 0.2) is 0 Å². The molecule has 0 bridgehead atoms. The summed E-state index contributed by atoms with van der Waals surface area (Å²) in [6.45, 7) is 3.33. The van der Waals surface area contributed by atoms with Crippen LogP contribution in [-0.4, -0.2) is 56.8 Å². The maximum Gasteiger partial charge on any atom is 0.307 e. The van der Waals surface area contributed by atoms with Gasteiger partial charge in [-0.15, -0.1) is 0 Å². The van der Waals surface area contributed by atoms with E-state index in [1.54, 1.807) is 12.3 Å². The lowest BCUT2D eigenvalue weighted by molar-refractivity contribution is -0.141. The number of nitriles is 1. The number of carboxylic acid groups (broad SMARTS) is 1. The molecule has 1 aromatic carbocycles. The minimum absolute atomic E-state index is 0.257. The summed E-state index contributed by atoms with van der Waals surface area (Å²) >= 11 is 0. The average Bonchev–Trinajstić information content (AvgIpc) is 3.39. The topological polar surface area (TPSA) is 104 Å². The van der Waals surface area contributed by atoms with Crippen LogP contribution >= 0.6 is 0 Å². The van der Waals surface area contributed by atoms with Crippen LogP contribution < -0.4 is 0 Å². The predicted octanol–water partition coefficient (Wildman–Crippen LogP) is 2.71. The third-order valence-electron chi connectivity index (χ3n) is 6.26. The highest BCUT2D eigenvalue weighted by atomic mass is 16.5. The maximum atomic E-state index is 11.4. The van der Waals surface area contributed by atoms with Crippen molar-refractivity contribution in [2.45, 2.75) is 31.8 Å². The SMILES string of the molecule is N#Cc1ccc2ncc3nc(CN4CCC(C(=O)O)C4)n(C4CCOCC4)c3c2c1. The van der Waals surface area contributed by atoms with E-state index in [1.807, 2.05) is 12.1 Å². The first-order valence-corrected chi connectivity index (χ1v) is 10.4. The Balaban J connectivity index is 1.63. The van der Waals surface area contributed by atoms with Crippen LogP contribution in [0.5, 0.6) is 0 Å². The van der Waals surface area contributed by atoms with E-state index in [4.69, 9.17) is 9.72 Å². The Morgan fingerprint density at radius 2 is 2.10 bits per heavy atom. The normalized spacial score (nSPS) is 20.7. The van der Waals surface area contributed by atoms with Gasteiger partial charge in [-0.3, -0.25) is 14.7 Å². The van der Waals surface area contributed by atoms with Gasteiger partial charge in [0.05, 0.1) is 41.3 Å². The summed E-state index contributed by atoms with van der Waals surface area (Å²) in [7, 11) is 0. The Morgan fingerprint density at radius 1 is 1.27 bits per heavy atom. The van der Waals surface area contributed by atoms with Crippen LogP contribution in [0.25, 0.3) is 21.9 Å². The molecule has 154 valence electrons. The van der Waals surface area contributed by atoms with Crippen molar-refractivity contribution < 1.29 is 14.6 Å². The largest absolute Gasteiger partial charge is 0.481 e. The summed E-state index contributed by atoms with van der Waals surface area (Å²) in [5.41, 5.74) is 3.26. The highest BCUT2D eigenvalue weighted by Gasteiger charge is 2.30. The van der Waals surface area contributed by atoms with E-state index in [1.165, 1.54) is 0 Å². The number of benzene rings is 1. The number of nitrogens with zero attached hydrogens (tertiary/aromatic N) is 5. The lowest BCUT2D eigenvalue weighted by Gasteiger charge is -2.27. The molecular formula is C22H23N5O3. The summed E-state index contributed by atoms with van der Waals surface area (Å²) in [6, 6.07) is 8.04. The van der Waals surface area contributed by atoms with Crippen LogP contribution in [0.3, 0.4) is 0 Å². The number of ether oxygens (including phenoxy) is 1. The van der Waals surface area contributed by atoms with Gasteiger partial charge in [-0.05, 0) is 44.0 Å². The van der Waals surface area contributed by atoms with Crippen molar-refractivity contribution in [2.24, 2.45) is 5.92 Å². The van der Waals surface area contributed by atoms with Crippen LogP contribution in [-0.2, 0) is 16.1 Å². The number of carbonyl (C=O) groups is 1. The predicted molar refractivity (Wildman–Crippen MR) is 110 cm³/mol. The van der Waals surface area contributed by atoms with E-state index < -0.39 is 5.97 Å². The van der Waals surface area contributed by atoms with Crippen molar-refractivity contribution in [3.63, 3.8) is 0 Å². The summed E-state index contributed by atoms with van der Waals surface area (Å²) < 4.78 is 7.89. The third kappa shape index (κ3) is 3.30. The number of hydrogen-bond donors (Lipinski definition) is 1. The van der Waals surface area contributed by atoms with Crippen LogP contribution in [0.2, 0.25) is 0 Å². The van der Waals surface area contributed by atoms with Gasteiger partial charge in [0.2, 0.25) is 0 Å². The Kier molecular flexibility index (Phi) is 4.85. The molecule has 2 aliphatic heterocycles. The molecule has 1 unspecified atom stereocenters. The Hall–Kier alpha value is -3.02. The van der Waals surface area contributed by atoms with E-state index in [-0.39, 0.29) is 12.0 Å². The van der Waals surface area contributed by atoms with Crippen LogP contribution in [0.15, 0.2) is 24.4 Å². The van der Waals surface area contributed by atoms with E-state index in [0.29, 0.717) is 38.3 Å². The van der Waals surface area contributed by atoms with Crippen molar-refractivity contribution in [2.75, 3.05) is 26.3 Å². The lowest BCUT2D eigenvalue weighted by atomic mass is 10.1. The monoisotopic (exact) mass is 405 g/mol. The lowest BCUT2D eigenvalue weighted by Crippen LogP contribution is -2.27. The zero-order chi connectivity index (χ0) is 20.7. The number of rotatable bonds is 4. The number of pyridine rings is 1. The first kappa shape index (κ1) is 19.0. The number of imidazole rings is 1. The molecule has 8 heteroatoms. The van der Waals surface area contributed by atoms with Crippen molar-refractivity contribution in [1.82, 2.24) is 19.4 Å². The standard InChI is InChI=1S/C22H23N5O3/c23-10-14-1-2-18-17(9-14)21-19(11-24-18)25-20(27(21)16-4-7-30-8-5-16)13-26-6-3-15(12-26)22(28)29/h1-2,9,11,15-16H,3-8,12-13H2,(H,28,29). The maximum absolute atomic E-state index is 11.4. The number of hydrogen-bond acceptors (Lipinski definition) is 6. The fourth-order valence-corrected chi connectivity index (χ4v) is 4.72. The third-order valence-corrected chi connectivity index (χ3v) is 6.26. The van der Waals surface area contributed by atoms with E-state index in [2.05, 4.69) is 20.5 Å². The second-order valence-corrected chi connectivity index (χ2v) is 8.14. The van der Waals surface area contributed by atoms with E-state index in [0.717, 1.165) is 47.1 Å². The number of fused-ring (bicyclic) bond motifs is 3. The summed E-state index contributed by atoms with van der Waals surface area (Å²) in [6.07, 6.45) is 4.27. The molecule has 3 aromatic rings. The van der Waals surface area contributed by atoms with Crippen molar-refractivity contribution >= 4 is 27.9 Å². The molecule has 0 spiro atoms. The fraction of sp³-hybridized carbons (Fsp3) is 0.455. The molecule has 1 N–H and O–H groups in total. The van der Waals surface area contributed by atoms with Crippen molar-refractivity contribution in [3.8, 4) is 6.07 Å². The van der Waals surface area contributed by atoms with Gasteiger partial charge < -0.3 is 14.4 Å².